The van der Waals surface area contributed by atoms with Crippen molar-refractivity contribution in [2.24, 2.45) is 0 Å². The second-order valence-corrected chi connectivity index (χ2v) is 5.49. The number of rotatable bonds is 3. The summed E-state index contributed by atoms with van der Waals surface area (Å²) in [6.07, 6.45) is 3.73. The van der Waals surface area contributed by atoms with Crippen molar-refractivity contribution < 1.29 is 9.90 Å². The highest BCUT2D eigenvalue weighted by Gasteiger charge is 2.07. The van der Waals surface area contributed by atoms with Crippen LogP contribution in [0.1, 0.15) is 18.4 Å². The first-order valence-corrected chi connectivity index (χ1v) is 7.21. The van der Waals surface area contributed by atoms with Crippen LogP contribution < -0.4 is 5.32 Å². The van der Waals surface area contributed by atoms with E-state index in [9.17, 15) is 4.79 Å². The summed E-state index contributed by atoms with van der Waals surface area (Å²) in [5, 5.41) is 11.9. The smallest absolute Gasteiger partial charge is 0.248 e. The zero-order chi connectivity index (χ0) is 12.8. The molecule has 1 saturated heterocycles. The van der Waals surface area contributed by atoms with E-state index in [2.05, 4.69) is 5.32 Å². The van der Waals surface area contributed by atoms with Gasteiger partial charge in [0, 0.05) is 11.8 Å². The van der Waals surface area contributed by atoms with E-state index in [1.54, 1.807) is 12.1 Å². The van der Waals surface area contributed by atoms with Crippen LogP contribution in [0.4, 0.5) is 5.69 Å². The van der Waals surface area contributed by atoms with Gasteiger partial charge in [-0.2, -0.15) is 11.8 Å². The fraction of sp³-hybridized carbons (Fsp3) is 0.357. The monoisotopic (exact) mass is 263 g/mol. The second kappa shape index (κ2) is 6.61. The highest BCUT2D eigenvalue weighted by Crippen LogP contribution is 2.21. The van der Waals surface area contributed by atoms with Gasteiger partial charge in [0.15, 0.2) is 0 Å². The van der Waals surface area contributed by atoms with Crippen LogP contribution in [0.5, 0.6) is 0 Å². The Morgan fingerprint density at radius 2 is 2.17 bits per heavy atom. The molecular weight excluding hydrogens is 246 g/mol. The summed E-state index contributed by atoms with van der Waals surface area (Å²) in [6, 6.07) is 7.26. The van der Waals surface area contributed by atoms with Crippen LogP contribution in [0, 0.1) is 0 Å². The summed E-state index contributed by atoms with van der Waals surface area (Å²) >= 11 is 1.93. The van der Waals surface area contributed by atoms with Crippen molar-refractivity contribution >= 4 is 23.4 Å². The van der Waals surface area contributed by atoms with Crippen LogP contribution in [0.15, 0.2) is 35.9 Å². The van der Waals surface area contributed by atoms with E-state index in [1.165, 1.54) is 5.57 Å². The molecule has 96 valence electrons. The minimum absolute atomic E-state index is 0.0119. The highest BCUT2D eigenvalue weighted by molar-refractivity contribution is 7.99. The number of anilines is 1. The van der Waals surface area contributed by atoms with Gasteiger partial charge in [-0.05, 0) is 42.0 Å². The molecular formula is C14H17NO2S. The lowest BCUT2D eigenvalue weighted by molar-refractivity contribution is -0.112. The minimum Gasteiger partial charge on any atom is -0.392 e. The van der Waals surface area contributed by atoms with Crippen molar-refractivity contribution in [3.8, 4) is 0 Å². The summed E-state index contributed by atoms with van der Waals surface area (Å²) in [7, 11) is 0. The molecule has 0 bridgehead atoms. The van der Waals surface area contributed by atoms with E-state index < -0.39 is 0 Å². The third-order valence-electron chi connectivity index (χ3n) is 2.85. The summed E-state index contributed by atoms with van der Waals surface area (Å²) in [4.78, 5) is 11.8. The van der Waals surface area contributed by atoms with Gasteiger partial charge in [0.05, 0.1) is 6.61 Å². The fourth-order valence-corrected chi connectivity index (χ4v) is 2.91. The molecule has 18 heavy (non-hydrogen) atoms. The Balaban J connectivity index is 1.97. The molecule has 1 aromatic carbocycles. The van der Waals surface area contributed by atoms with E-state index in [1.807, 2.05) is 30.0 Å². The van der Waals surface area contributed by atoms with Crippen molar-refractivity contribution in [3.05, 3.63) is 41.5 Å². The molecule has 1 heterocycles. The van der Waals surface area contributed by atoms with E-state index in [-0.39, 0.29) is 12.5 Å². The van der Waals surface area contributed by atoms with Gasteiger partial charge >= 0.3 is 0 Å². The number of aliphatic hydroxyl groups is 1. The second-order valence-electron chi connectivity index (χ2n) is 4.26. The molecule has 0 aromatic heterocycles. The maximum absolute atomic E-state index is 11.8. The number of aliphatic hydroxyl groups excluding tert-OH is 1. The Labute approximate surface area is 111 Å². The average molecular weight is 263 g/mol. The van der Waals surface area contributed by atoms with Gasteiger partial charge in [-0.1, -0.05) is 17.7 Å². The molecule has 3 nitrogen and oxygen atoms in total. The number of amides is 1. The molecule has 1 amide bonds. The average Bonchev–Trinajstić information content (AvgIpc) is 2.40. The quantitative estimate of drug-likeness (QED) is 0.824. The minimum atomic E-state index is -0.0769. The Morgan fingerprint density at radius 1 is 1.39 bits per heavy atom. The predicted octanol–water partition coefficient (Wildman–Crippen LogP) is 2.57. The third-order valence-corrected chi connectivity index (χ3v) is 3.83. The SMILES string of the molecule is O=C(C=C1CCSCC1)Nc1cccc(CO)c1. The standard InChI is InChI=1S/C14H17NO2S/c16-10-12-2-1-3-13(8-12)15-14(17)9-11-4-6-18-7-5-11/h1-3,8-9,16H,4-7,10H2,(H,15,17). The van der Waals surface area contributed by atoms with E-state index in [4.69, 9.17) is 5.11 Å². The third kappa shape index (κ3) is 3.89. The maximum Gasteiger partial charge on any atom is 0.248 e. The fourth-order valence-electron chi connectivity index (χ4n) is 1.89. The summed E-state index contributed by atoms with van der Waals surface area (Å²) in [5.41, 5.74) is 2.76. The van der Waals surface area contributed by atoms with Crippen LogP contribution in [-0.2, 0) is 11.4 Å². The van der Waals surface area contributed by atoms with Crippen molar-refractivity contribution in [3.63, 3.8) is 0 Å². The van der Waals surface area contributed by atoms with E-state index in [0.29, 0.717) is 0 Å². The van der Waals surface area contributed by atoms with Crippen LogP contribution in [0.2, 0.25) is 0 Å². The Bertz CT molecular complexity index is 449. The summed E-state index contributed by atoms with van der Waals surface area (Å²) in [6.45, 7) is -0.0119. The zero-order valence-electron chi connectivity index (χ0n) is 10.2. The molecule has 0 radical (unpaired) electrons. The predicted molar refractivity (Wildman–Crippen MR) is 75.6 cm³/mol. The molecule has 0 unspecified atom stereocenters. The number of allylic oxidation sites excluding steroid dienone is 1. The molecule has 4 heteroatoms. The largest absolute Gasteiger partial charge is 0.392 e. The first-order chi connectivity index (χ1) is 8.78. The molecule has 1 fully saturated rings. The van der Waals surface area contributed by atoms with Gasteiger partial charge < -0.3 is 10.4 Å². The van der Waals surface area contributed by atoms with Gasteiger partial charge in [-0.25, -0.2) is 0 Å². The molecule has 0 aliphatic carbocycles. The number of hydrogen-bond acceptors (Lipinski definition) is 3. The Morgan fingerprint density at radius 3 is 2.89 bits per heavy atom. The number of thioether (sulfide) groups is 1. The van der Waals surface area contributed by atoms with Crippen LogP contribution >= 0.6 is 11.8 Å². The van der Waals surface area contributed by atoms with Gasteiger partial charge in [-0.15, -0.1) is 0 Å². The lowest BCUT2D eigenvalue weighted by Crippen LogP contribution is -2.10. The van der Waals surface area contributed by atoms with Crippen molar-refractivity contribution in [2.75, 3.05) is 16.8 Å². The van der Waals surface area contributed by atoms with Gasteiger partial charge in [0.2, 0.25) is 5.91 Å². The molecule has 1 aromatic rings. The first-order valence-electron chi connectivity index (χ1n) is 6.06. The number of carbonyl (C=O) groups excluding carboxylic acids is 1. The molecule has 1 aliphatic heterocycles. The number of hydrogen-bond donors (Lipinski definition) is 2. The zero-order valence-corrected chi connectivity index (χ0v) is 11.0. The normalized spacial score (nSPS) is 15.3. The molecule has 1 aliphatic rings. The maximum atomic E-state index is 11.8. The van der Waals surface area contributed by atoms with Crippen molar-refractivity contribution in [2.45, 2.75) is 19.4 Å². The Hall–Kier alpha value is -1.26. The van der Waals surface area contributed by atoms with E-state index >= 15 is 0 Å². The van der Waals surface area contributed by atoms with Crippen molar-refractivity contribution in [1.29, 1.82) is 0 Å². The number of benzene rings is 1. The van der Waals surface area contributed by atoms with Gasteiger partial charge in [0.1, 0.15) is 0 Å². The molecule has 0 atom stereocenters. The summed E-state index contributed by atoms with van der Waals surface area (Å²) in [5.74, 6) is 2.14. The number of carbonyl (C=O) groups is 1. The molecule has 2 rings (SSSR count). The first kappa shape index (κ1) is 13.2. The van der Waals surface area contributed by atoms with Crippen LogP contribution in [0.25, 0.3) is 0 Å². The van der Waals surface area contributed by atoms with Crippen molar-refractivity contribution in [1.82, 2.24) is 0 Å². The summed E-state index contributed by atoms with van der Waals surface area (Å²) < 4.78 is 0. The van der Waals surface area contributed by atoms with Gasteiger partial charge in [0.25, 0.3) is 0 Å². The molecule has 0 spiro atoms. The highest BCUT2D eigenvalue weighted by atomic mass is 32.2. The van der Waals surface area contributed by atoms with Gasteiger partial charge in [-0.3, -0.25) is 4.79 Å². The van der Waals surface area contributed by atoms with Crippen LogP contribution in [-0.4, -0.2) is 22.5 Å². The van der Waals surface area contributed by atoms with E-state index in [0.717, 1.165) is 35.6 Å². The number of nitrogens with one attached hydrogen (secondary N) is 1. The van der Waals surface area contributed by atoms with Crippen LogP contribution in [0.3, 0.4) is 0 Å². The Kier molecular flexibility index (Phi) is 4.84. The lowest BCUT2D eigenvalue weighted by atomic mass is 10.1. The molecule has 0 saturated carbocycles. The molecule has 2 N–H and O–H groups in total. The topological polar surface area (TPSA) is 49.3 Å². The lowest BCUT2D eigenvalue weighted by Gasteiger charge is -2.13.